The number of nitrogens with two attached hydrogens (primary N) is 1. The number of anilines is 1. The molecule has 0 saturated heterocycles. The molecule has 4 heteroatoms. The minimum Gasteiger partial charge on any atom is -0.394 e. The van der Waals surface area contributed by atoms with Crippen molar-refractivity contribution in [2.75, 3.05) is 11.9 Å². The van der Waals surface area contributed by atoms with E-state index in [9.17, 15) is 4.79 Å². The van der Waals surface area contributed by atoms with Gasteiger partial charge in [0, 0.05) is 11.3 Å². The lowest BCUT2D eigenvalue weighted by Gasteiger charge is -2.09. The van der Waals surface area contributed by atoms with Crippen LogP contribution in [0.4, 0.5) is 5.69 Å². The van der Waals surface area contributed by atoms with Gasteiger partial charge in [0.1, 0.15) is 0 Å². The lowest BCUT2D eigenvalue weighted by molar-refractivity contribution is 0.102. The van der Waals surface area contributed by atoms with Crippen LogP contribution in [0.1, 0.15) is 22.0 Å². The summed E-state index contributed by atoms with van der Waals surface area (Å²) in [6, 6.07) is 15.8. The van der Waals surface area contributed by atoms with Gasteiger partial charge in [-0.15, -0.1) is 0 Å². The first kappa shape index (κ1) is 13.3. The molecule has 2 rings (SSSR count). The molecule has 2 aromatic rings. The number of nitrogens with one attached hydrogen (secondary N) is 1. The number of carbonyl (C=O) groups excluding carboxylic acids is 1. The van der Waals surface area contributed by atoms with Crippen LogP contribution >= 0.6 is 0 Å². The Morgan fingerprint density at radius 1 is 1.11 bits per heavy atom. The van der Waals surface area contributed by atoms with Crippen LogP contribution in [0.15, 0.2) is 54.6 Å². The Labute approximate surface area is 111 Å². The molecular weight excluding hydrogens is 240 g/mol. The van der Waals surface area contributed by atoms with Crippen molar-refractivity contribution in [1.82, 2.24) is 0 Å². The first-order chi connectivity index (χ1) is 9.20. The fraction of sp³-hybridized carbons (Fsp3) is 0.133. The van der Waals surface area contributed by atoms with Gasteiger partial charge in [-0.2, -0.15) is 0 Å². The Balaban J connectivity index is 2.08. The lowest BCUT2D eigenvalue weighted by Crippen LogP contribution is -2.15. The summed E-state index contributed by atoms with van der Waals surface area (Å²) in [5.74, 6) is -0.171. The number of carbonyl (C=O) groups is 1. The maximum absolute atomic E-state index is 12.0. The van der Waals surface area contributed by atoms with Crippen LogP contribution in [0.3, 0.4) is 0 Å². The summed E-state index contributed by atoms with van der Waals surface area (Å²) in [6.07, 6.45) is 0. The van der Waals surface area contributed by atoms with Gasteiger partial charge in [0.25, 0.3) is 5.91 Å². The zero-order valence-electron chi connectivity index (χ0n) is 10.4. The molecule has 19 heavy (non-hydrogen) atoms. The van der Waals surface area contributed by atoms with Crippen LogP contribution in [0.5, 0.6) is 0 Å². The van der Waals surface area contributed by atoms with Gasteiger partial charge in [0.05, 0.1) is 12.6 Å². The maximum Gasteiger partial charge on any atom is 0.255 e. The molecule has 0 aliphatic carbocycles. The molecule has 0 aliphatic rings. The molecule has 0 spiro atoms. The summed E-state index contributed by atoms with van der Waals surface area (Å²) >= 11 is 0. The number of aliphatic hydroxyl groups excluding tert-OH is 1. The van der Waals surface area contributed by atoms with Crippen LogP contribution in [-0.2, 0) is 0 Å². The number of benzene rings is 2. The molecule has 1 unspecified atom stereocenters. The monoisotopic (exact) mass is 256 g/mol. The quantitative estimate of drug-likeness (QED) is 0.782. The van der Waals surface area contributed by atoms with Crippen molar-refractivity contribution in [3.8, 4) is 0 Å². The third-order valence-corrected chi connectivity index (χ3v) is 2.83. The minimum absolute atomic E-state index is 0.116. The van der Waals surface area contributed by atoms with Crippen molar-refractivity contribution in [1.29, 1.82) is 0 Å². The van der Waals surface area contributed by atoms with Gasteiger partial charge in [0.15, 0.2) is 0 Å². The van der Waals surface area contributed by atoms with E-state index >= 15 is 0 Å². The van der Waals surface area contributed by atoms with Gasteiger partial charge < -0.3 is 16.2 Å². The summed E-state index contributed by atoms with van der Waals surface area (Å²) in [5, 5.41) is 11.8. The summed E-state index contributed by atoms with van der Waals surface area (Å²) in [4.78, 5) is 12.0. The van der Waals surface area contributed by atoms with E-state index in [-0.39, 0.29) is 12.5 Å². The van der Waals surface area contributed by atoms with Gasteiger partial charge in [-0.25, -0.2) is 0 Å². The molecule has 0 radical (unpaired) electrons. The summed E-state index contributed by atoms with van der Waals surface area (Å²) < 4.78 is 0. The fourth-order valence-corrected chi connectivity index (χ4v) is 1.71. The molecule has 0 heterocycles. The van der Waals surface area contributed by atoms with E-state index in [1.165, 1.54) is 0 Å². The van der Waals surface area contributed by atoms with E-state index in [0.29, 0.717) is 5.56 Å². The molecule has 0 aliphatic heterocycles. The third kappa shape index (κ3) is 3.40. The van der Waals surface area contributed by atoms with Crippen LogP contribution in [-0.4, -0.2) is 17.6 Å². The van der Waals surface area contributed by atoms with Gasteiger partial charge in [0.2, 0.25) is 0 Å². The van der Waals surface area contributed by atoms with Gasteiger partial charge in [-0.1, -0.05) is 30.3 Å². The zero-order valence-corrected chi connectivity index (χ0v) is 10.4. The predicted octanol–water partition coefficient (Wildman–Crippen LogP) is 1.93. The van der Waals surface area contributed by atoms with E-state index in [1.54, 1.807) is 24.3 Å². The van der Waals surface area contributed by atoms with Crippen molar-refractivity contribution in [3.05, 3.63) is 65.7 Å². The lowest BCUT2D eigenvalue weighted by atomic mass is 10.1. The summed E-state index contributed by atoms with van der Waals surface area (Å²) in [7, 11) is 0. The minimum atomic E-state index is -0.411. The SMILES string of the molecule is NC(CO)c1ccc(C(=O)Nc2ccccc2)cc1. The Bertz CT molecular complexity index is 538. The van der Waals surface area contributed by atoms with Gasteiger partial charge in [-0.05, 0) is 29.8 Å². The molecule has 0 saturated carbocycles. The largest absolute Gasteiger partial charge is 0.394 e. The van der Waals surface area contributed by atoms with E-state index in [4.69, 9.17) is 10.8 Å². The van der Waals surface area contributed by atoms with E-state index in [2.05, 4.69) is 5.32 Å². The highest BCUT2D eigenvalue weighted by atomic mass is 16.3. The highest BCUT2D eigenvalue weighted by molar-refractivity contribution is 6.04. The number of aliphatic hydroxyl groups is 1. The average molecular weight is 256 g/mol. The summed E-state index contributed by atoms with van der Waals surface area (Å²) in [6.45, 7) is -0.116. The van der Waals surface area contributed by atoms with Crippen molar-refractivity contribution >= 4 is 11.6 Å². The second-order valence-electron chi connectivity index (χ2n) is 4.23. The first-order valence-corrected chi connectivity index (χ1v) is 6.03. The molecule has 0 bridgehead atoms. The van der Waals surface area contributed by atoms with Crippen molar-refractivity contribution in [2.45, 2.75) is 6.04 Å². The van der Waals surface area contributed by atoms with E-state index in [0.717, 1.165) is 11.3 Å². The fourth-order valence-electron chi connectivity index (χ4n) is 1.71. The normalized spacial score (nSPS) is 11.9. The molecule has 98 valence electrons. The predicted molar refractivity (Wildman–Crippen MR) is 74.9 cm³/mol. The van der Waals surface area contributed by atoms with Crippen molar-refractivity contribution in [2.24, 2.45) is 5.73 Å². The van der Waals surface area contributed by atoms with Crippen LogP contribution < -0.4 is 11.1 Å². The smallest absolute Gasteiger partial charge is 0.255 e. The highest BCUT2D eigenvalue weighted by Crippen LogP contribution is 2.13. The number of para-hydroxylation sites is 1. The molecular formula is C15H16N2O2. The Morgan fingerprint density at radius 3 is 2.32 bits per heavy atom. The van der Waals surface area contributed by atoms with Gasteiger partial charge in [-0.3, -0.25) is 4.79 Å². The topological polar surface area (TPSA) is 75.3 Å². The average Bonchev–Trinajstić information content (AvgIpc) is 2.47. The van der Waals surface area contributed by atoms with Crippen molar-refractivity contribution < 1.29 is 9.90 Å². The van der Waals surface area contributed by atoms with Crippen LogP contribution in [0, 0.1) is 0 Å². The second kappa shape index (κ2) is 6.13. The second-order valence-corrected chi connectivity index (χ2v) is 4.23. The zero-order chi connectivity index (χ0) is 13.7. The molecule has 2 aromatic carbocycles. The number of rotatable bonds is 4. The Kier molecular flexibility index (Phi) is 4.28. The third-order valence-electron chi connectivity index (χ3n) is 2.83. The molecule has 4 N–H and O–H groups in total. The van der Waals surface area contributed by atoms with Crippen LogP contribution in [0.2, 0.25) is 0 Å². The highest BCUT2D eigenvalue weighted by Gasteiger charge is 2.08. The molecule has 1 amide bonds. The van der Waals surface area contributed by atoms with Gasteiger partial charge >= 0.3 is 0 Å². The molecule has 0 fully saturated rings. The Morgan fingerprint density at radius 2 is 1.74 bits per heavy atom. The maximum atomic E-state index is 12.0. The standard InChI is InChI=1S/C15H16N2O2/c16-14(10-18)11-6-8-12(9-7-11)15(19)17-13-4-2-1-3-5-13/h1-9,14,18H,10,16H2,(H,17,19). The molecule has 4 nitrogen and oxygen atoms in total. The van der Waals surface area contributed by atoms with Crippen molar-refractivity contribution in [3.63, 3.8) is 0 Å². The van der Waals surface area contributed by atoms with E-state index in [1.807, 2.05) is 30.3 Å². The number of hydrogen-bond donors (Lipinski definition) is 3. The molecule has 1 atom stereocenters. The van der Waals surface area contributed by atoms with E-state index < -0.39 is 6.04 Å². The number of hydrogen-bond acceptors (Lipinski definition) is 3. The Hall–Kier alpha value is -2.17. The number of amides is 1. The molecule has 0 aromatic heterocycles. The van der Waals surface area contributed by atoms with Crippen LogP contribution in [0.25, 0.3) is 0 Å². The summed E-state index contributed by atoms with van der Waals surface area (Å²) in [5.41, 5.74) is 7.80. The first-order valence-electron chi connectivity index (χ1n) is 6.03.